The van der Waals surface area contributed by atoms with E-state index in [0.717, 1.165) is 0 Å². The fourth-order valence-electron chi connectivity index (χ4n) is 2.23. The second-order valence-corrected chi connectivity index (χ2v) is 6.98. The number of methoxy groups -OCH3 is 1. The summed E-state index contributed by atoms with van der Waals surface area (Å²) in [6.45, 7) is 3.50. The van der Waals surface area contributed by atoms with Gasteiger partial charge >= 0.3 is 11.8 Å². The van der Waals surface area contributed by atoms with Crippen molar-refractivity contribution in [3.05, 3.63) is 69.4 Å². The summed E-state index contributed by atoms with van der Waals surface area (Å²) in [5, 5.41) is 6.32. The van der Waals surface area contributed by atoms with E-state index in [0.29, 0.717) is 21.5 Å². The van der Waals surface area contributed by atoms with Crippen LogP contribution in [0.25, 0.3) is 0 Å². The molecule has 2 amide bonds. The normalized spacial score (nSPS) is 10.5. The molecule has 0 fully saturated rings. The maximum Gasteiger partial charge on any atom is 0.329 e. The van der Waals surface area contributed by atoms with Crippen molar-refractivity contribution in [3.63, 3.8) is 0 Å². The molecule has 0 saturated heterocycles. The zero-order valence-corrected chi connectivity index (χ0v) is 18.2. The van der Waals surface area contributed by atoms with Crippen molar-refractivity contribution in [2.75, 3.05) is 13.7 Å². The van der Waals surface area contributed by atoms with Gasteiger partial charge in [0.05, 0.1) is 22.8 Å². The number of amides is 2. The Balaban J connectivity index is 2.10. The second kappa shape index (κ2) is 11.3. The number of hydrogen-bond acceptors (Lipinski definition) is 5. The van der Waals surface area contributed by atoms with Crippen LogP contribution in [0, 0.1) is 5.82 Å². The van der Waals surface area contributed by atoms with Gasteiger partial charge < -0.3 is 14.8 Å². The van der Waals surface area contributed by atoms with E-state index in [1.54, 1.807) is 18.2 Å². The summed E-state index contributed by atoms with van der Waals surface area (Å²) in [5.41, 5.74) is 2.87. The highest BCUT2D eigenvalue weighted by Crippen LogP contribution is 2.37. The van der Waals surface area contributed by atoms with Crippen molar-refractivity contribution >= 4 is 45.6 Å². The summed E-state index contributed by atoms with van der Waals surface area (Å²) in [4.78, 5) is 23.0. The molecule has 0 unspecified atom stereocenters. The van der Waals surface area contributed by atoms with Crippen molar-refractivity contribution < 1.29 is 23.5 Å². The van der Waals surface area contributed by atoms with E-state index < -0.39 is 17.6 Å². The minimum atomic E-state index is -0.916. The highest BCUT2D eigenvalue weighted by Gasteiger charge is 2.15. The fourth-order valence-corrected chi connectivity index (χ4v) is 3.02. The summed E-state index contributed by atoms with van der Waals surface area (Å²) in [6, 6.07) is 7.61. The molecule has 30 heavy (non-hydrogen) atoms. The summed E-state index contributed by atoms with van der Waals surface area (Å²) in [6.07, 6.45) is 2.77. The van der Waals surface area contributed by atoms with Gasteiger partial charge in [-0.1, -0.05) is 23.7 Å². The van der Waals surface area contributed by atoms with Gasteiger partial charge in [-0.05, 0) is 45.8 Å². The lowest BCUT2D eigenvalue weighted by Crippen LogP contribution is -2.37. The summed E-state index contributed by atoms with van der Waals surface area (Å²) in [7, 11) is 1.44. The number of halogens is 3. The zero-order chi connectivity index (χ0) is 22.1. The van der Waals surface area contributed by atoms with Gasteiger partial charge in [-0.25, -0.2) is 9.82 Å². The molecule has 0 bridgehead atoms. The monoisotopic (exact) mass is 497 g/mol. The predicted molar refractivity (Wildman–Crippen MR) is 115 cm³/mol. The van der Waals surface area contributed by atoms with Gasteiger partial charge in [-0.2, -0.15) is 5.10 Å². The van der Waals surface area contributed by atoms with Crippen LogP contribution in [0.2, 0.25) is 5.02 Å². The molecule has 0 radical (unpaired) electrons. The van der Waals surface area contributed by atoms with Gasteiger partial charge in [-0.15, -0.1) is 6.58 Å². The van der Waals surface area contributed by atoms with Crippen molar-refractivity contribution in [2.24, 2.45) is 5.10 Å². The van der Waals surface area contributed by atoms with Crippen LogP contribution in [0.1, 0.15) is 11.1 Å². The van der Waals surface area contributed by atoms with Crippen LogP contribution in [0.3, 0.4) is 0 Å². The molecule has 0 aliphatic heterocycles. The third kappa shape index (κ3) is 6.30. The van der Waals surface area contributed by atoms with Crippen LogP contribution in [0.15, 0.2) is 52.6 Å². The molecule has 0 heterocycles. The van der Waals surface area contributed by atoms with Crippen LogP contribution >= 0.6 is 27.5 Å². The van der Waals surface area contributed by atoms with E-state index in [9.17, 15) is 14.0 Å². The number of ether oxygens (including phenoxy) is 2. The molecule has 10 heteroatoms. The molecule has 2 aromatic rings. The van der Waals surface area contributed by atoms with E-state index >= 15 is 0 Å². The van der Waals surface area contributed by atoms with Crippen LogP contribution in [0.4, 0.5) is 4.39 Å². The minimum Gasteiger partial charge on any atom is -0.493 e. The first-order chi connectivity index (χ1) is 14.4. The highest BCUT2D eigenvalue weighted by molar-refractivity contribution is 9.10. The Morgan fingerprint density at radius 2 is 2.10 bits per heavy atom. The summed E-state index contributed by atoms with van der Waals surface area (Å²) < 4.78 is 25.5. The molecule has 2 aromatic carbocycles. The van der Waals surface area contributed by atoms with E-state index in [2.05, 4.69) is 38.4 Å². The number of nitrogens with zero attached hydrogens (tertiary/aromatic N) is 1. The Kier molecular flexibility index (Phi) is 8.82. The topological polar surface area (TPSA) is 89.0 Å². The van der Waals surface area contributed by atoms with Crippen molar-refractivity contribution in [2.45, 2.75) is 6.61 Å². The van der Waals surface area contributed by atoms with Gasteiger partial charge in [0, 0.05) is 12.1 Å². The number of rotatable bonds is 8. The molecule has 2 N–H and O–H groups in total. The molecule has 0 aliphatic rings. The third-order valence-corrected chi connectivity index (χ3v) is 4.61. The molecule has 0 saturated carbocycles. The maximum atomic E-state index is 13.9. The maximum absolute atomic E-state index is 13.9. The Morgan fingerprint density at radius 3 is 2.77 bits per heavy atom. The number of carbonyl (C=O) groups is 2. The van der Waals surface area contributed by atoms with Gasteiger partial charge in [0.25, 0.3) is 0 Å². The highest BCUT2D eigenvalue weighted by atomic mass is 79.9. The number of hydrazone groups is 1. The Hall–Kier alpha value is -2.91. The second-order valence-electron chi connectivity index (χ2n) is 5.72. The molecule has 158 valence electrons. The van der Waals surface area contributed by atoms with Crippen LogP contribution in [0.5, 0.6) is 11.5 Å². The number of benzene rings is 2. The summed E-state index contributed by atoms with van der Waals surface area (Å²) >= 11 is 9.39. The average Bonchev–Trinajstić information content (AvgIpc) is 2.72. The zero-order valence-electron chi connectivity index (χ0n) is 15.9. The van der Waals surface area contributed by atoms with E-state index in [1.807, 2.05) is 0 Å². The van der Waals surface area contributed by atoms with Gasteiger partial charge in [0.1, 0.15) is 12.4 Å². The number of hydrogen-bond donors (Lipinski definition) is 2. The van der Waals surface area contributed by atoms with Crippen molar-refractivity contribution in [1.82, 2.24) is 10.7 Å². The lowest BCUT2D eigenvalue weighted by molar-refractivity contribution is -0.139. The lowest BCUT2D eigenvalue weighted by atomic mass is 10.2. The van der Waals surface area contributed by atoms with E-state index in [-0.39, 0.29) is 23.7 Å². The largest absolute Gasteiger partial charge is 0.493 e. The van der Waals surface area contributed by atoms with Crippen LogP contribution in [-0.4, -0.2) is 31.7 Å². The first-order valence-electron chi connectivity index (χ1n) is 8.52. The van der Waals surface area contributed by atoms with E-state index in [1.165, 1.54) is 31.5 Å². The molecule has 0 spiro atoms. The van der Waals surface area contributed by atoms with Crippen molar-refractivity contribution in [3.8, 4) is 11.5 Å². The lowest BCUT2D eigenvalue weighted by Gasteiger charge is -2.14. The quantitative estimate of drug-likeness (QED) is 0.252. The minimum absolute atomic E-state index is 0.107. The Bertz CT molecular complexity index is 965. The molecule has 0 aliphatic carbocycles. The standard InChI is InChI=1S/C20H18BrClFN3O4/c1-3-7-24-19(27)20(28)26-25-10-12-8-14(21)18(17(9-12)29-2)30-11-13-15(22)5-4-6-16(13)23/h3-6,8-10H,1,7,11H2,2H3,(H,24,27)(H,26,28)/b25-10-. The first-order valence-corrected chi connectivity index (χ1v) is 9.69. The molecule has 7 nitrogen and oxygen atoms in total. The number of carbonyl (C=O) groups excluding carboxylic acids is 2. The molecular formula is C20H18BrClFN3O4. The van der Waals surface area contributed by atoms with Gasteiger partial charge in [0.2, 0.25) is 0 Å². The number of nitrogens with one attached hydrogen (secondary N) is 2. The van der Waals surface area contributed by atoms with E-state index in [4.69, 9.17) is 21.1 Å². The predicted octanol–water partition coefficient (Wildman–Crippen LogP) is 3.58. The Morgan fingerprint density at radius 1 is 1.33 bits per heavy atom. The van der Waals surface area contributed by atoms with Gasteiger partial charge in [0.15, 0.2) is 11.5 Å². The van der Waals surface area contributed by atoms with Crippen LogP contribution in [-0.2, 0) is 16.2 Å². The molecule has 0 atom stereocenters. The van der Waals surface area contributed by atoms with Gasteiger partial charge in [-0.3, -0.25) is 9.59 Å². The SMILES string of the molecule is C=CCNC(=O)C(=O)N/N=C\c1cc(Br)c(OCc2c(F)cccc2Cl)c(OC)c1. The molecular weight excluding hydrogens is 481 g/mol. The molecule has 2 rings (SSSR count). The summed E-state index contributed by atoms with van der Waals surface area (Å²) in [5.74, 6) is -1.55. The fraction of sp³-hybridized carbons (Fsp3) is 0.150. The van der Waals surface area contributed by atoms with Crippen molar-refractivity contribution in [1.29, 1.82) is 0 Å². The first kappa shape index (κ1) is 23.4. The third-order valence-electron chi connectivity index (χ3n) is 3.67. The molecule has 0 aromatic heterocycles. The van der Waals surface area contributed by atoms with Crippen LogP contribution < -0.4 is 20.2 Å². The smallest absolute Gasteiger partial charge is 0.329 e. The Labute approximate surface area is 186 Å². The average molecular weight is 499 g/mol.